The van der Waals surface area contributed by atoms with Gasteiger partial charge in [-0.2, -0.15) is 0 Å². The summed E-state index contributed by atoms with van der Waals surface area (Å²) in [6.45, 7) is 7.36. The average Bonchev–Trinajstić information content (AvgIpc) is 2.70. The smallest absolute Gasteiger partial charge is 0.321 e. The van der Waals surface area contributed by atoms with Gasteiger partial charge in [0, 0.05) is 25.3 Å². The molecular formula is C16H26N4O. The topological polar surface area (TPSA) is 61.6 Å². The fraction of sp³-hybridized carbons (Fsp3) is 0.562. The maximum atomic E-state index is 12.3. The normalized spacial score (nSPS) is 16.6. The fourth-order valence-corrected chi connectivity index (χ4v) is 2.64. The SMILES string of the molecule is Cc1cccc(NC(=O)N2CCCN(CCCN)CC2)c1. The van der Waals surface area contributed by atoms with Crippen molar-refractivity contribution in [1.82, 2.24) is 9.80 Å². The second kappa shape index (κ2) is 8.00. The maximum absolute atomic E-state index is 12.3. The summed E-state index contributed by atoms with van der Waals surface area (Å²) < 4.78 is 0. The quantitative estimate of drug-likeness (QED) is 0.890. The van der Waals surface area contributed by atoms with Crippen LogP contribution in [0.5, 0.6) is 0 Å². The molecule has 5 heteroatoms. The highest BCUT2D eigenvalue weighted by Crippen LogP contribution is 2.11. The Morgan fingerprint density at radius 3 is 2.90 bits per heavy atom. The lowest BCUT2D eigenvalue weighted by atomic mass is 10.2. The Kier molecular flexibility index (Phi) is 6.02. The first-order valence-electron chi connectivity index (χ1n) is 7.74. The van der Waals surface area contributed by atoms with Crippen LogP contribution in [-0.2, 0) is 0 Å². The molecule has 5 nitrogen and oxygen atoms in total. The van der Waals surface area contributed by atoms with Crippen LogP contribution in [0.3, 0.4) is 0 Å². The molecule has 3 N–H and O–H groups in total. The number of hydrogen-bond acceptors (Lipinski definition) is 3. The van der Waals surface area contributed by atoms with Crippen molar-refractivity contribution in [3.63, 3.8) is 0 Å². The van der Waals surface area contributed by atoms with E-state index in [4.69, 9.17) is 5.73 Å². The summed E-state index contributed by atoms with van der Waals surface area (Å²) in [5.41, 5.74) is 7.57. The molecule has 1 heterocycles. The number of hydrogen-bond donors (Lipinski definition) is 2. The van der Waals surface area contributed by atoms with E-state index < -0.39 is 0 Å². The van der Waals surface area contributed by atoms with Gasteiger partial charge in [-0.25, -0.2) is 4.79 Å². The summed E-state index contributed by atoms with van der Waals surface area (Å²) >= 11 is 0. The van der Waals surface area contributed by atoms with Crippen LogP contribution in [0.4, 0.5) is 10.5 Å². The van der Waals surface area contributed by atoms with Gasteiger partial charge < -0.3 is 20.9 Å². The first kappa shape index (κ1) is 15.8. The summed E-state index contributed by atoms with van der Waals surface area (Å²) in [6, 6.07) is 7.90. The first-order chi connectivity index (χ1) is 10.2. The number of nitrogens with one attached hydrogen (secondary N) is 1. The van der Waals surface area contributed by atoms with Gasteiger partial charge in [0.05, 0.1) is 0 Å². The van der Waals surface area contributed by atoms with Crippen LogP contribution in [-0.4, -0.2) is 55.1 Å². The Morgan fingerprint density at radius 1 is 1.29 bits per heavy atom. The van der Waals surface area contributed by atoms with Crippen molar-refractivity contribution >= 4 is 11.7 Å². The monoisotopic (exact) mass is 290 g/mol. The number of nitrogens with two attached hydrogens (primary N) is 1. The summed E-state index contributed by atoms with van der Waals surface area (Å²) in [4.78, 5) is 16.6. The molecule has 1 aromatic rings. The van der Waals surface area contributed by atoms with Gasteiger partial charge >= 0.3 is 6.03 Å². The molecule has 0 aromatic heterocycles. The van der Waals surface area contributed by atoms with Gasteiger partial charge in [0.25, 0.3) is 0 Å². The number of nitrogens with zero attached hydrogens (tertiary/aromatic N) is 2. The molecule has 0 saturated carbocycles. The molecule has 21 heavy (non-hydrogen) atoms. The van der Waals surface area contributed by atoms with E-state index in [0.717, 1.165) is 63.4 Å². The van der Waals surface area contributed by atoms with E-state index in [1.54, 1.807) is 0 Å². The molecule has 2 rings (SSSR count). The van der Waals surface area contributed by atoms with E-state index >= 15 is 0 Å². The molecule has 1 aliphatic rings. The van der Waals surface area contributed by atoms with Crippen LogP contribution in [0.1, 0.15) is 18.4 Å². The molecule has 0 atom stereocenters. The Morgan fingerprint density at radius 2 is 2.14 bits per heavy atom. The summed E-state index contributed by atoms with van der Waals surface area (Å²) in [7, 11) is 0. The lowest BCUT2D eigenvalue weighted by Crippen LogP contribution is -2.38. The highest BCUT2D eigenvalue weighted by atomic mass is 16.2. The highest BCUT2D eigenvalue weighted by molar-refractivity contribution is 5.89. The molecule has 1 saturated heterocycles. The van der Waals surface area contributed by atoms with Gasteiger partial charge in [-0.15, -0.1) is 0 Å². The summed E-state index contributed by atoms with van der Waals surface area (Å²) in [5.74, 6) is 0. The largest absolute Gasteiger partial charge is 0.330 e. The lowest BCUT2D eigenvalue weighted by Gasteiger charge is -2.22. The second-order valence-electron chi connectivity index (χ2n) is 5.62. The van der Waals surface area contributed by atoms with E-state index in [0.29, 0.717) is 0 Å². The minimum absolute atomic E-state index is 0.00118. The van der Waals surface area contributed by atoms with Crippen molar-refractivity contribution in [2.45, 2.75) is 19.8 Å². The third kappa shape index (κ3) is 5.02. The number of carbonyl (C=O) groups is 1. The van der Waals surface area contributed by atoms with Crippen LogP contribution >= 0.6 is 0 Å². The average molecular weight is 290 g/mol. The van der Waals surface area contributed by atoms with E-state index in [-0.39, 0.29) is 6.03 Å². The summed E-state index contributed by atoms with van der Waals surface area (Å²) in [6.07, 6.45) is 2.04. The molecule has 2 amide bonds. The van der Waals surface area contributed by atoms with Crippen molar-refractivity contribution in [2.75, 3.05) is 44.6 Å². The number of aryl methyl sites for hydroxylation is 1. The van der Waals surface area contributed by atoms with Gasteiger partial charge in [-0.3, -0.25) is 0 Å². The molecule has 1 fully saturated rings. The van der Waals surface area contributed by atoms with Crippen molar-refractivity contribution in [2.24, 2.45) is 5.73 Å². The Bertz CT molecular complexity index is 463. The molecule has 0 bridgehead atoms. The predicted molar refractivity (Wildman–Crippen MR) is 86.5 cm³/mol. The van der Waals surface area contributed by atoms with Gasteiger partial charge in [0.2, 0.25) is 0 Å². The standard InChI is InChI=1S/C16H26N4O/c1-14-5-2-6-15(13-14)18-16(21)20-10-4-9-19(11-12-20)8-3-7-17/h2,5-6,13H,3-4,7-12,17H2,1H3,(H,18,21). The Hall–Kier alpha value is -1.59. The van der Waals surface area contributed by atoms with Gasteiger partial charge in [0.1, 0.15) is 0 Å². The third-order valence-corrected chi connectivity index (χ3v) is 3.82. The molecule has 0 spiro atoms. The van der Waals surface area contributed by atoms with Crippen molar-refractivity contribution < 1.29 is 4.79 Å². The number of anilines is 1. The van der Waals surface area contributed by atoms with Crippen molar-refractivity contribution in [3.8, 4) is 0 Å². The number of amides is 2. The summed E-state index contributed by atoms with van der Waals surface area (Å²) in [5, 5.41) is 2.99. The van der Waals surface area contributed by atoms with E-state index in [1.165, 1.54) is 0 Å². The maximum Gasteiger partial charge on any atom is 0.321 e. The Labute approximate surface area is 127 Å². The minimum atomic E-state index is 0.00118. The van der Waals surface area contributed by atoms with Crippen LogP contribution in [0.15, 0.2) is 24.3 Å². The van der Waals surface area contributed by atoms with E-state index in [9.17, 15) is 4.79 Å². The minimum Gasteiger partial charge on any atom is -0.330 e. The van der Waals surface area contributed by atoms with Crippen LogP contribution in [0.25, 0.3) is 0 Å². The molecule has 0 radical (unpaired) electrons. The van der Waals surface area contributed by atoms with Crippen LogP contribution in [0, 0.1) is 6.92 Å². The van der Waals surface area contributed by atoms with Crippen molar-refractivity contribution in [1.29, 1.82) is 0 Å². The van der Waals surface area contributed by atoms with Crippen LogP contribution < -0.4 is 11.1 Å². The molecular weight excluding hydrogens is 264 g/mol. The molecule has 0 unspecified atom stereocenters. The molecule has 1 aromatic carbocycles. The fourth-order valence-electron chi connectivity index (χ4n) is 2.64. The number of urea groups is 1. The molecule has 116 valence electrons. The predicted octanol–water partition coefficient (Wildman–Crippen LogP) is 1.88. The zero-order valence-corrected chi connectivity index (χ0v) is 12.8. The van der Waals surface area contributed by atoms with E-state index in [2.05, 4.69) is 10.2 Å². The van der Waals surface area contributed by atoms with Gasteiger partial charge in [-0.05, 0) is 57.1 Å². The lowest BCUT2D eigenvalue weighted by molar-refractivity contribution is 0.211. The second-order valence-corrected chi connectivity index (χ2v) is 5.62. The zero-order chi connectivity index (χ0) is 15.1. The van der Waals surface area contributed by atoms with E-state index in [1.807, 2.05) is 36.1 Å². The number of carbonyl (C=O) groups excluding carboxylic acids is 1. The third-order valence-electron chi connectivity index (χ3n) is 3.82. The van der Waals surface area contributed by atoms with Gasteiger partial charge in [0.15, 0.2) is 0 Å². The van der Waals surface area contributed by atoms with Gasteiger partial charge in [-0.1, -0.05) is 12.1 Å². The first-order valence-corrected chi connectivity index (χ1v) is 7.74. The molecule has 0 aliphatic carbocycles. The number of benzene rings is 1. The zero-order valence-electron chi connectivity index (χ0n) is 12.8. The molecule has 1 aliphatic heterocycles. The highest BCUT2D eigenvalue weighted by Gasteiger charge is 2.18. The van der Waals surface area contributed by atoms with Crippen LogP contribution in [0.2, 0.25) is 0 Å². The number of rotatable bonds is 4. The Balaban J connectivity index is 1.85. The van der Waals surface area contributed by atoms with Crippen molar-refractivity contribution in [3.05, 3.63) is 29.8 Å².